The fourth-order valence-electron chi connectivity index (χ4n) is 3.93. The van der Waals surface area contributed by atoms with Gasteiger partial charge in [0.15, 0.2) is 5.82 Å². The van der Waals surface area contributed by atoms with E-state index in [2.05, 4.69) is 56.5 Å². The van der Waals surface area contributed by atoms with Crippen LogP contribution in [0, 0.1) is 0 Å². The van der Waals surface area contributed by atoms with Crippen LogP contribution >= 0.6 is 0 Å². The third-order valence-electron chi connectivity index (χ3n) is 5.60. The number of ether oxygens (including phenoxy) is 1. The van der Waals surface area contributed by atoms with E-state index in [0.29, 0.717) is 35.9 Å². The summed E-state index contributed by atoms with van der Waals surface area (Å²) in [5.41, 5.74) is 2.72. The van der Waals surface area contributed by atoms with Crippen molar-refractivity contribution in [2.24, 2.45) is 0 Å². The number of morpholine rings is 1. The number of carbonyl (C=O) groups is 1. The number of fused-ring (bicyclic) bond motifs is 1. The highest BCUT2D eigenvalue weighted by Crippen LogP contribution is 2.24. The second kappa shape index (κ2) is 9.82. The molecule has 0 spiro atoms. The van der Waals surface area contributed by atoms with Gasteiger partial charge in [-0.15, -0.1) is 10.2 Å². The highest BCUT2D eigenvalue weighted by Gasteiger charge is 2.16. The molecule has 2 N–H and O–H groups in total. The van der Waals surface area contributed by atoms with E-state index < -0.39 is 0 Å². The molecule has 1 aliphatic heterocycles. The number of anilines is 3. The fourth-order valence-corrected chi connectivity index (χ4v) is 3.93. The number of hydrogen-bond donors (Lipinski definition) is 2. The predicted octanol–water partition coefficient (Wildman–Crippen LogP) is 3.78. The number of aromatic nitrogens is 5. The molecule has 1 aromatic carbocycles. The second-order valence-corrected chi connectivity index (χ2v) is 9.62. The molecule has 4 aromatic rings. The molecule has 1 amide bonds. The average molecular weight is 485 g/mol. The van der Waals surface area contributed by atoms with Crippen LogP contribution in [0.2, 0.25) is 0 Å². The summed E-state index contributed by atoms with van der Waals surface area (Å²) in [7, 11) is 0. The van der Waals surface area contributed by atoms with Crippen molar-refractivity contribution >= 4 is 34.3 Å². The summed E-state index contributed by atoms with van der Waals surface area (Å²) in [6.07, 6.45) is 5.07. The number of rotatable bonds is 5. The minimum Gasteiger partial charge on any atom is -0.378 e. The van der Waals surface area contributed by atoms with Crippen LogP contribution in [0.3, 0.4) is 0 Å². The smallest absolute Gasteiger partial charge is 0.257 e. The SMILES string of the molecule is CC(C)(C)Nc1cncc(-c2ccc3nnc(NC(=O)c4ccnc(N5CCOCC5)c4)cc3c2)n1. The van der Waals surface area contributed by atoms with Crippen molar-refractivity contribution in [2.45, 2.75) is 26.3 Å². The van der Waals surface area contributed by atoms with Gasteiger partial charge in [0.2, 0.25) is 0 Å². The molecule has 3 aromatic heterocycles. The molecule has 1 saturated heterocycles. The lowest BCUT2D eigenvalue weighted by molar-refractivity contribution is 0.102. The molecular weight excluding hydrogens is 456 g/mol. The van der Waals surface area contributed by atoms with Crippen molar-refractivity contribution in [2.75, 3.05) is 41.8 Å². The molecule has 0 atom stereocenters. The Balaban J connectivity index is 1.36. The average Bonchev–Trinajstić information content (AvgIpc) is 2.88. The van der Waals surface area contributed by atoms with Gasteiger partial charge in [0, 0.05) is 41.3 Å². The summed E-state index contributed by atoms with van der Waals surface area (Å²) < 4.78 is 5.40. The molecule has 0 unspecified atom stereocenters. The normalized spacial score (nSPS) is 14.0. The van der Waals surface area contributed by atoms with Crippen LogP contribution in [-0.2, 0) is 4.74 Å². The van der Waals surface area contributed by atoms with Crippen molar-refractivity contribution in [3.05, 3.63) is 60.6 Å². The Morgan fingerprint density at radius 3 is 2.64 bits per heavy atom. The van der Waals surface area contributed by atoms with Gasteiger partial charge in [-0.25, -0.2) is 9.97 Å². The Morgan fingerprint density at radius 2 is 1.83 bits per heavy atom. The molecule has 0 aliphatic carbocycles. The number of hydrogen-bond acceptors (Lipinski definition) is 9. The van der Waals surface area contributed by atoms with Crippen molar-refractivity contribution < 1.29 is 9.53 Å². The Hall–Kier alpha value is -4.18. The first-order valence-electron chi connectivity index (χ1n) is 11.8. The first-order valence-corrected chi connectivity index (χ1v) is 11.8. The van der Waals surface area contributed by atoms with Crippen molar-refractivity contribution in [3.8, 4) is 11.3 Å². The largest absolute Gasteiger partial charge is 0.378 e. The molecule has 0 radical (unpaired) electrons. The van der Waals surface area contributed by atoms with Crippen LogP contribution in [-0.4, -0.2) is 62.9 Å². The Labute approximate surface area is 209 Å². The summed E-state index contributed by atoms with van der Waals surface area (Å²) in [5, 5.41) is 15.5. The standard InChI is InChI=1S/C26H28N8O2/c1-26(2,3)31-23-16-27-15-21(29-23)17-4-5-20-19(12-17)13-22(33-32-20)30-25(35)18-6-7-28-24(14-18)34-8-10-36-11-9-34/h4-7,12-16H,8-11H2,1-3H3,(H,29,31)(H,30,33,35). The topological polar surface area (TPSA) is 118 Å². The molecule has 184 valence electrons. The van der Waals surface area contributed by atoms with Gasteiger partial charge in [-0.2, -0.15) is 0 Å². The first-order chi connectivity index (χ1) is 17.3. The molecule has 1 aliphatic rings. The van der Waals surface area contributed by atoms with Crippen molar-refractivity contribution in [1.29, 1.82) is 0 Å². The molecule has 5 rings (SSSR count). The summed E-state index contributed by atoms with van der Waals surface area (Å²) in [6, 6.07) is 11.1. The van der Waals surface area contributed by atoms with Crippen molar-refractivity contribution in [1.82, 2.24) is 25.1 Å². The molecule has 0 saturated carbocycles. The van der Waals surface area contributed by atoms with Gasteiger partial charge in [-0.1, -0.05) is 6.07 Å². The third-order valence-corrected chi connectivity index (χ3v) is 5.60. The molecule has 0 bridgehead atoms. The number of amides is 1. The summed E-state index contributed by atoms with van der Waals surface area (Å²) in [4.78, 5) is 28.5. The van der Waals surface area contributed by atoms with Gasteiger partial charge in [0.05, 0.1) is 36.8 Å². The van der Waals surface area contributed by atoms with Gasteiger partial charge >= 0.3 is 0 Å². The van der Waals surface area contributed by atoms with E-state index in [-0.39, 0.29) is 11.4 Å². The summed E-state index contributed by atoms with van der Waals surface area (Å²) in [5.74, 6) is 1.55. The number of nitrogens with one attached hydrogen (secondary N) is 2. The maximum absolute atomic E-state index is 13.0. The summed E-state index contributed by atoms with van der Waals surface area (Å²) >= 11 is 0. The van der Waals surface area contributed by atoms with E-state index >= 15 is 0 Å². The Kier molecular flexibility index (Phi) is 6.43. The monoisotopic (exact) mass is 484 g/mol. The van der Waals surface area contributed by atoms with E-state index in [1.165, 1.54) is 0 Å². The maximum atomic E-state index is 13.0. The zero-order valence-electron chi connectivity index (χ0n) is 20.5. The fraction of sp³-hybridized carbons (Fsp3) is 0.308. The van der Waals surface area contributed by atoms with Crippen LogP contribution in [0.15, 0.2) is 55.0 Å². The van der Waals surface area contributed by atoms with Gasteiger partial charge in [0.1, 0.15) is 11.6 Å². The van der Waals surface area contributed by atoms with Gasteiger partial charge in [-0.3, -0.25) is 9.78 Å². The highest BCUT2D eigenvalue weighted by molar-refractivity contribution is 6.04. The second-order valence-electron chi connectivity index (χ2n) is 9.62. The van der Waals surface area contributed by atoms with Gasteiger partial charge in [0.25, 0.3) is 5.91 Å². The lowest BCUT2D eigenvalue weighted by Crippen LogP contribution is -2.36. The van der Waals surface area contributed by atoms with Crippen LogP contribution in [0.1, 0.15) is 31.1 Å². The van der Waals surface area contributed by atoms with Crippen LogP contribution in [0.4, 0.5) is 17.5 Å². The van der Waals surface area contributed by atoms with Crippen molar-refractivity contribution in [3.63, 3.8) is 0 Å². The summed E-state index contributed by atoms with van der Waals surface area (Å²) in [6.45, 7) is 9.00. The molecule has 36 heavy (non-hydrogen) atoms. The van der Waals surface area contributed by atoms with Gasteiger partial charge < -0.3 is 20.3 Å². The maximum Gasteiger partial charge on any atom is 0.257 e. The number of benzene rings is 1. The zero-order valence-corrected chi connectivity index (χ0v) is 20.5. The molecule has 4 heterocycles. The van der Waals surface area contributed by atoms with E-state index in [0.717, 1.165) is 35.6 Å². The van der Waals surface area contributed by atoms with Crippen LogP contribution in [0.5, 0.6) is 0 Å². The zero-order chi connectivity index (χ0) is 25.1. The molecule has 1 fully saturated rings. The van der Waals surface area contributed by atoms with E-state index in [9.17, 15) is 4.79 Å². The molecular formula is C26H28N8O2. The minimum atomic E-state index is -0.275. The van der Waals surface area contributed by atoms with Gasteiger partial charge in [-0.05, 0) is 51.1 Å². The highest BCUT2D eigenvalue weighted by atomic mass is 16.5. The Morgan fingerprint density at radius 1 is 1.00 bits per heavy atom. The van der Waals surface area contributed by atoms with E-state index in [1.807, 2.05) is 18.2 Å². The lowest BCUT2D eigenvalue weighted by Gasteiger charge is -2.27. The number of nitrogens with zero attached hydrogens (tertiary/aromatic N) is 6. The first kappa shape index (κ1) is 23.6. The quantitative estimate of drug-likeness (QED) is 0.436. The lowest BCUT2D eigenvalue weighted by atomic mass is 10.1. The third kappa shape index (κ3) is 5.55. The minimum absolute atomic E-state index is 0.128. The predicted molar refractivity (Wildman–Crippen MR) is 139 cm³/mol. The number of pyridine rings is 1. The molecule has 10 nitrogen and oxygen atoms in total. The Bertz CT molecular complexity index is 1400. The molecule has 10 heteroatoms. The van der Waals surface area contributed by atoms with E-state index in [4.69, 9.17) is 9.72 Å². The number of carbonyl (C=O) groups excluding carboxylic acids is 1. The van der Waals surface area contributed by atoms with Crippen LogP contribution < -0.4 is 15.5 Å². The van der Waals surface area contributed by atoms with Crippen LogP contribution in [0.25, 0.3) is 22.2 Å². The van der Waals surface area contributed by atoms with E-state index in [1.54, 1.807) is 36.8 Å².